The third kappa shape index (κ3) is 4.62. The van der Waals surface area contributed by atoms with Crippen molar-refractivity contribution in [2.75, 3.05) is 32.7 Å². The molecule has 0 spiro atoms. The number of piperazine rings is 1. The predicted molar refractivity (Wildman–Crippen MR) is 136 cm³/mol. The van der Waals surface area contributed by atoms with Gasteiger partial charge in [-0.1, -0.05) is 24.3 Å². The maximum atomic E-state index is 13.6. The number of hydrogen-bond acceptors (Lipinski definition) is 4. The lowest BCUT2D eigenvalue weighted by Gasteiger charge is -2.43. The number of halogens is 1. The molecule has 5 rings (SSSR count). The third-order valence-electron chi connectivity index (χ3n) is 7.31. The van der Waals surface area contributed by atoms with E-state index in [4.69, 9.17) is 0 Å². The number of benzene rings is 2. The van der Waals surface area contributed by atoms with Crippen LogP contribution in [0.25, 0.3) is 0 Å². The molecule has 0 saturated carbocycles. The summed E-state index contributed by atoms with van der Waals surface area (Å²) in [5.74, 6) is -0.371. The molecule has 7 heteroatoms. The number of nitrogens with zero attached hydrogens (tertiary/aromatic N) is 3. The topological polar surface area (TPSA) is 43.9 Å². The van der Waals surface area contributed by atoms with Gasteiger partial charge in [-0.15, -0.1) is 11.3 Å². The highest BCUT2D eigenvalue weighted by atomic mass is 32.1. The minimum Gasteiger partial charge on any atom is -0.338 e. The quantitative estimate of drug-likeness (QED) is 0.539. The van der Waals surface area contributed by atoms with Crippen LogP contribution in [0.3, 0.4) is 0 Å². The van der Waals surface area contributed by atoms with E-state index < -0.39 is 0 Å². The Morgan fingerprint density at radius 2 is 1.60 bits per heavy atom. The molecule has 1 fully saturated rings. The molecule has 2 aliphatic rings. The predicted octanol–water partition coefficient (Wildman–Crippen LogP) is 4.52. The first kappa shape index (κ1) is 23.7. The number of fused-ring (bicyclic) bond motifs is 1. The van der Waals surface area contributed by atoms with E-state index in [0.717, 1.165) is 13.0 Å². The molecule has 1 saturated heterocycles. The number of aryl methyl sites for hydroxylation is 1. The van der Waals surface area contributed by atoms with Crippen molar-refractivity contribution in [1.29, 1.82) is 0 Å². The number of rotatable bonds is 4. The van der Waals surface area contributed by atoms with Gasteiger partial charge in [0.2, 0.25) is 5.91 Å². The van der Waals surface area contributed by atoms with Crippen LogP contribution in [0, 0.1) is 12.7 Å². The van der Waals surface area contributed by atoms with E-state index in [0.29, 0.717) is 31.7 Å². The molecule has 2 aromatic carbocycles. The molecule has 2 aliphatic heterocycles. The molecule has 0 N–H and O–H groups in total. The zero-order valence-electron chi connectivity index (χ0n) is 20.1. The third-order valence-corrected chi connectivity index (χ3v) is 8.31. The summed E-state index contributed by atoms with van der Waals surface area (Å²) in [5, 5.41) is 2.16. The fourth-order valence-corrected chi connectivity index (χ4v) is 6.21. The highest BCUT2D eigenvalue weighted by molar-refractivity contribution is 7.10. The molecule has 182 valence electrons. The second kappa shape index (κ2) is 9.91. The normalized spacial score (nSPS) is 19.3. The molecular formula is C28H30FN3O2S. The fraction of sp³-hybridized carbons (Fsp3) is 0.357. The molecule has 5 nitrogen and oxygen atoms in total. The minimum absolute atomic E-state index is 0.0616. The van der Waals surface area contributed by atoms with E-state index in [2.05, 4.69) is 47.5 Å². The molecule has 0 bridgehead atoms. The lowest BCUT2D eigenvalue weighted by molar-refractivity contribution is -0.138. The summed E-state index contributed by atoms with van der Waals surface area (Å²) in [7, 11) is 0. The Balaban J connectivity index is 1.30. The maximum Gasteiger partial charge on any atom is 0.253 e. The van der Waals surface area contributed by atoms with Crippen LogP contribution in [0.15, 0.2) is 60.0 Å². The first-order valence-corrected chi connectivity index (χ1v) is 13.0. The van der Waals surface area contributed by atoms with Crippen LogP contribution in [0.4, 0.5) is 4.39 Å². The Kier molecular flexibility index (Phi) is 6.71. The highest BCUT2D eigenvalue weighted by Gasteiger charge is 2.38. The molecule has 3 heterocycles. The molecule has 2 atom stereocenters. The van der Waals surface area contributed by atoms with Gasteiger partial charge in [0.25, 0.3) is 5.91 Å². The van der Waals surface area contributed by atoms with E-state index in [-0.39, 0.29) is 29.7 Å². The van der Waals surface area contributed by atoms with E-state index >= 15 is 0 Å². The molecule has 35 heavy (non-hydrogen) atoms. The Hall–Kier alpha value is -3.03. The number of thiophene rings is 1. The Morgan fingerprint density at radius 1 is 0.914 bits per heavy atom. The number of amides is 2. The number of carbonyl (C=O) groups is 2. The summed E-state index contributed by atoms with van der Waals surface area (Å²) in [6, 6.07) is 16.1. The van der Waals surface area contributed by atoms with Crippen molar-refractivity contribution in [2.24, 2.45) is 0 Å². The summed E-state index contributed by atoms with van der Waals surface area (Å²) in [4.78, 5) is 33.8. The maximum absolute atomic E-state index is 13.6. The van der Waals surface area contributed by atoms with E-state index in [1.165, 1.54) is 45.8 Å². The average Bonchev–Trinajstić information content (AvgIpc) is 3.37. The smallest absolute Gasteiger partial charge is 0.253 e. The van der Waals surface area contributed by atoms with Crippen molar-refractivity contribution in [2.45, 2.75) is 32.4 Å². The Labute approximate surface area is 209 Å². The van der Waals surface area contributed by atoms with Crippen LogP contribution in [0.5, 0.6) is 0 Å². The number of carbonyl (C=O) groups excluding carboxylic acids is 2. The van der Waals surface area contributed by atoms with Gasteiger partial charge in [-0.3, -0.25) is 14.5 Å². The molecule has 2 unspecified atom stereocenters. The van der Waals surface area contributed by atoms with Gasteiger partial charge in [0.05, 0.1) is 12.1 Å². The summed E-state index contributed by atoms with van der Waals surface area (Å²) in [6.45, 7) is 6.95. The molecule has 0 radical (unpaired) electrons. The first-order chi connectivity index (χ1) is 16.9. The second-order valence-corrected chi connectivity index (χ2v) is 10.3. The van der Waals surface area contributed by atoms with Gasteiger partial charge in [0.1, 0.15) is 5.82 Å². The van der Waals surface area contributed by atoms with E-state index in [9.17, 15) is 14.0 Å². The van der Waals surface area contributed by atoms with Gasteiger partial charge in [0, 0.05) is 43.2 Å². The molecule has 0 aliphatic carbocycles. The summed E-state index contributed by atoms with van der Waals surface area (Å²) >= 11 is 1.80. The lowest BCUT2D eigenvalue weighted by atomic mass is 9.89. The van der Waals surface area contributed by atoms with Crippen molar-refractivity contribution in [1.82, 2.24) is 14.7 Å². The van der Waals surface area contributed by atoms with Crippen molar-refractivity contribution >= 4 is 23.2 Å². The average molecular weight is 492 g/mol. The first-order valence-electron chi connectivity index (χ1n) is 12.1. The number of hydrogen-bond donors (Lipinski definition) is 0. The standard InChI is InChI=1S/C28H30FN3O2S/c1-19-5-3-4-6-23(19)26-24-12-18-35-25(24)11-13-32(26)20(2)27(33)30-14-16-31(17-15-30)28(34)21-7-9-22(29)10-8-21/h3-10,12,18,20,26H,11,13-17H2,1-2H3. The van der Waals surface area contributed by atoms with Crippen LogP contribution in [0.1, 0.15) is 44.9 Å². The van der Waals surface area contributed by atoms with Gasteiger partial charge in [0.15, 0.2) is 0 Å². The van der Waals surface area contributed by atoms with Crippen molar-refractivity contribution in [3.63, 3.8) is 0 Å². The van der Waals surface area contributed by atoms with Crippen LogP contribution in [0.2, 0.25) is 0 Å². The fourth-order valence-electron chi connectivity index (χ4n) is 5.30. The van der Waals surface area contributed by atoms with Crippen LogP contribution >= 0.6 is 11.3 Å². The lowest BCUT2D eigenvalue weighted by Crippen LogP contribution is -2.56. The van der Waals surface area contributed by atoms with E-state index in [1.54, 1.807) is 16.2 Å². The summed E-state index contributed by atoms with van der Waals surface area (Å²) < 4.78 is 13.2. The largest absolute Gasteiger partial charge is 0.338 e. The molecule has 2 amide bonds. The van der Waals surface area contributed by atoms with Gasteiger partial charge in [-0.05, 0) is 72.7 Å². The van der Waals surface area contributed by atoms with Crippen molar-refractivity contribution < 1.29 is 14.0 Å². The second-order valence-electron chi connectivity index (χ2n) is 9.35. The van der Waals surface area contributed by atoms with E-state index in [1.807, 2.05) is 11.8 Å². The van der Waals surface area contributed by atoms with Crippen LogP contribution < -0.4 is 0 Å². The zero-order chi connectivity index (χ0) is 24.5. The molecule has 3 aromatic rings. The van der Waals surface area contributed by atoms with Crippen molar-refractivity contribution in [3.8, 4) is 0 Å². The monoisotopic (exact) mass is 491 g/mol. The van der Waals surface area contributed by atoms with Crippen LogP contribution in [-0.2, 0) is 11.2 Å². The highest BCUT2D eigenvalue weighted by Crippen LogP contribution is 2.40. The van der Waals surface area contributed by atoms with Crippen molar-refractivity contribution in [3.05, 3.63) is 92.9 Å². The molecule has 1 aromatic heterocycles. The van der Waals surface area contributed by atoms with Gasteiger partial charge < -0.3 is 9.80 Å². The Morgan fingerprint density at radius 3 is 2.31 bits per heavy atom. The minimum atomic E-state index is -0.359. The summed E-state index contributed by atoms with van der Waals surface area (Å²) in [5.41, 5.74) is 4.26. The van der Waals surface area contributed by atoms with Gasteiger partial charge in [-0.25, -0.2) is 4.39 Å². The Bertz CT molecular complexity index is 1220. The zero-order valence-corrected chi connectivity index (χ0v) is 20.9. The SMILES string of the molecule is Cc1ccccc1C1c2ccsc2CCN1C(C)C(=O)N1CCN(C(=O)c2ccc(F)cc2)CC1. The van der Waals surface area contributed by atoms with Gasteiger partial charge in [-0.2, -0.15) is 0 Å². The summed E-state index contributed by atoms with van der Waals surface area (Å²) in [6.07, 6.45) is 0.951. The molecular weight excluding hydrogens is 461 g/mol. The van der Waals surface area contributed by atoms with Crippen LogP contribution in [-0.4, -0.2) is 65.3 Å². The van der Waals surface area contributed by atoms with Gasteiger partial charge >= 0.3 is 0 Å².